The van der Waals surface area contributed by atoms with Gasteiger partial charge in [-0.2, -0.15) is 0 Å². The molecule has 0 radical (unpaired) electrons. The summed E-state index contributed by atoms with van der Waals surface area (Å²) in [6.45, 7) is 6.62. The van der Waals surface area contributed by atoms with Gasteiger partial charge in [-0.05, 0) is 50.7 Å². The SMILES string of the molecule is CC(C)(C)c1ccccc1NC(=O)NCc1ccc(F)c(Br)c1. The van der Waals surface area contributed by atoms with E-state index in [0.717, 1.165) is 16.8 Å². The smallest absolute Gasteiger partial charge is 0.319 e. The molecule has 2 rings (SSSR count). The van der Waals surface area contributed by atoms with Crippen LogP contribution in [0.25, 0.3) is 0 Å². The van der Waals surface area contributed by atoms with E-state index in [1.54, 1.807) is 12.1 Å². The fourth-order valence-electron chi connectivity index (χ4n) is 2.24. The van der Waals surface area contributed by atoms with E-state index in [9.17, 15) is 9.18 Å². The van der Waals surface area contributed by atoms with E-state index in [1.165, 1.54) is 6.07 Å². The Balaban J connectivity index is 2.02. The molecule has 0 unspecified atom stereocenters. The van der Waals surface area contributed by atoms with E-state index in [1.807, 2.05) is 24.3 Å². The van der Waals surface area contributed by atoms with Crippen LogP contribution in [0.1, 0.15) is 31.9 Å². The molecule has 0 aliphatic carbocycles. The molecule has 23 heavy (non-hydrogen) atoms. The molecule has 2 aromatic rings. The zero-order valence-electron chi connectivity index (χ0n) is 13.4. The minimum Gasteiger partial charge on any atom is -0.334 e. The van der Waals surface area contributed by atoms with Crippen molar-refractivity contribution < 1.29 is 9.18 Å². The second-order valence-corrected chi connectivity index (χ2v) is 7.21. The number of benzene rings is 2. The third-order valence-electron chi connectivity index (χ3n) is 3.42. The van der Waals surface area contributed by atoms with Crippen LogP contribution in [0.2, 0.25) is 0 Å². The number of para-hydroxylation sites is 1. The van der Waals surface area contributed by atoms with Crippen molar-refractivity contribution in [3.05, 3.63) is 63.9 Å². The third-order valence-corrected chi connectivity index (χ3v) is 4.03. The van der Waals surface area contributed by atoms with Crippen molar-refractivity contribution in [2.45, 2.75) is 32.7 Å². The van der Waals surface area contributed by atoms with Gasteiger partial charge in [0.05, 0.1) is 4.47 Å². The number of carbonyl (C=O) groups is 1. The topological polar surface area (TPSA) is 41.1 Å². The van der Waals surface area contributed by atoms with E-state index in [0.29, 0.717) is 11.0 Å². The van der Waals surface area contributed by atoms with Crippen molar-refractivity contribution in [2.75, 3.05) is 5.32 Å². The monoisotopic (exact) mass is 378 g/mol. The first-order valence-electron chi connectivity index (χ1n) is 7.35. The second-order valence-electron chi connectivity index (χ2n) is 6.35. The Morgan fingerprint density at radius 2 is 1.87 bits per heavy atom. The van der Waals surface area contributed by atoms with Gasteiger partial charge in [0.2, 0.25) is 0 Å². The predicted molar refractivity (Wildman–Crippen MR) is 95.1 cm³/mol. The number of nitrogens with one attached hydrogen (secondary N) is 2. The van der Waals surface area contributed by atoms with Crippen molar-refractivity contribution >= 4 is 27.6 Å². The van der Waals surface area contributed by atoms with E-state index >= 15 is 0 Å². The van der Waals surface area contributed by atoms with Crippen LogP contribution >= 0.6 is 15.9 Å². The molecule has 0 bridgehead atoms. The maximum atomic E-state index is 13.2. The van der Waals surface area contributed by atoms with Crippen LogP contribution in [-0.2, 0) is 12.0 Å². The molecule has 2 N–H and O–H groups in total. The lowest BCUT2D eigenvalue weighted by Gasteiger charge is -2.23. The molecule has 0 aliphatic heterocycles. The van der Waals surface area contributed by atoms with E-state index in [-0.39, 0.29) is 17.3 Å². The fraction of sp³-hybridized carbons (Fsp3) is 0.278. The van der Waals surface area contributed by atoms with Crippen LogP contribution in [0.4, 0.5) is 14.9 Å². The van der Waals surface area contributed by atoms with Crippen molar-refractivity contribution in [3.63, 3.8) is 0 Å². The molecule has 0 aromatic heterocycles. The van der Waals surface area contributed by atoms with Crippen LogP contribution in [-0.4, -0.2) is 6.03 Å². The van der Waals surface area contributed by atoms with Crippen LogP contribution in [0.5, 0.6) is 0 Å². The maximum absolute atomic E-state index is 13.2. The summed E-state index contributed by atoms with van der Waals surface area (Å²) in [6, 6.07) is 12.1. The quantitative estimate of drug-likeness (QED) is 0.756. The van der Waals surface area contributed by atoms with Crippen LogP contribution in [0, 0.1) is 5.82 Å². The van der Waals surface area contributed by atoms with Gasteiger partial charge in [0.15, 0.2) is 0 Å². The molecule has 3 nitrogen and oxygen atoms in total. The van der Waals surface area contributed by atoms with E-state index < -0.39 is 0 Å². The van der Waals surface area contributed by atoms with Crippen LogP contribution in [0.3, 0.4) is 0 Å². The zero-order chi connectivity index (χ0) is 17.0. The van der Waals surface area contributed by atoms with Gasteiger partial charge in [0.25, 0.3) is 0 Å². The lowest BCUT2D eigenvalue weighted by Crippen LogP contribution is -2.29. The number of halogens is 2. The molecule has 0 heterocycles. The highest BCUT2D eigenvalue weighted by Crippen LogP contribution is 2.29. The van der Waals surface area contributed by atoms with Gasteiger partial charge < -0.3 is 10.6 Å². The number of carbonyl (C=O) groups excluding carboxylic acids is 1. The first-order valence-corrected chi connectivity index (χ1v) is 8.15. The number of amides is 2. The summed E-state index contributed by atoms with van der Waals surface area (Å²) in [7, 11) is 0. The Bertz CT molecular complexity index is 710. The summed E-state index contributed by atoms with van der Waals surface area (Å²) in [5, 5.41) is 5.66. The molecule has 0 spiro atoms. The molecule has 0 saturated carbocycles. The fourth-order valence-corrected chi connectivity index (χ4v) is 2.67. The molecule has 2 aromatic carbocycles. The van der Waals surface area contributed by atoms with Gasteiger partial charge in [-0.15, -0.1) is 0 Å². The molecule has 0 saturated heterocycles. The minimum atomic E-state index is -0.322. The highest BCUT2D eigenvalue weighted by Gasteiger charge is 2.18. The highest BCUT2D eigenvalue weighted by atomic mass is 79.9. The summed E-state index contributed by atoms with van der Waals surface area (Å²) >= 11 is 3.13. The number of hydrogen-bond acceptors (Lipinski definition) is 1. The third kappa shape index (κ3) is 4.79. The molecule has 0 fully saturated rings. The highest BCUT2D eigenvalue weighted by molar-refractivity contribution is 9.10. The Labute approximate surface area is 144 Å². The van der Waals surface area contributed by atoms with Crippen molar-refractivity contribution in [1.29, 1.82) is 0 Å². The lowest BCUT2D eigenvalue weighted by molar-refractivity contribution is 0.251. The first kappa shape index (κ1) is 17.5. The van der Waals surface area contributed by atoms with Crippen LogP contribution < -0.4 is 10.6 Å². The second kappa shape index (κ2) is 7.13. The number of hydrogen-bond donors (Lipinski definition) is 2. The summed E-state index contributed by atoms with van der Waals surface area (Å²) < 4.78 is 13.6. The van der Waals surface area contributed by atoms with E-state index in [4.69, 9.17) is 0 Å². The van der Waals surface area contributed by atoms with Gasteiger partial charge in [-0.1, -0.05) is 45.0 Å². The molecule has 122 valence electrons. The van der Waals surface area contributed by atoms with Crippen molar-refractivity contribution in [3.8, 4) is 0 Å². The normalized spacial score (nSPS) is 11.2. The average Bonchev–Trinajstić information content (AvgIpc) is 2.48. The molecule has 0 atom stereocenters. The Morgan fingerprint density at radius 3 is 2.52 bits per heavy atom. The van der Waals surface area contributed by atoms with E-state index in [2.05, 4.69) is 47.3 Å². The minimum absolute atomic E-state index is 0.0638. The van der Waals surface area contributed by atoms with Crippen molar-refractivity contribution in [2.24, 2.45) is 0 Å². The Kier molecular flexibility index (Phi) is 5.42. The number of urea groups is 1. The average molecular weight is 379 g/mol. The molecular weight excluding hydrogens is 359 g/mol. The largest absolute Gasteiger partial charge is 0.334 e. The number of anilines is 1. The first-order chi connectivity index (χ1) is 10.8. The summed E-state index contributed by atoms with van der Waals surface area (Å²) in [5.74, 6) is -0.322. The van der Waals surface area contributed by atoms with Gasteiger partial charge in [0.1, 0.15) is 5.82 Å². The number of rotatable bonds is 3. The summed E-state index contributed by atoms with van der Waals surface area (Å²) in [5.41, 5.74) is 2.61. The molecule has 2 amide bonds. The summed E-state index contributed by atoms with van der Waals surface area (Å²) in [4.78, 5) is 12.1. The molecule has 5 heteroatoms. The summed E-state index contributed by atoms with van der Waals surface area (Å²) in [6.07, 6.45) is 0. The van der Waals surface area contributed by atoms with Crippen LogP contribution in [0.15, 0.2) is 46.9 Å². The van der Waals surface area contributed by atoms with Crippen molar-refractivity contribution in [1.82, 2.24) is 5.32 Å². The lowest BCUT2D eigenvalue weighted by atomic mass is 9.86. The maximum Gasteiger partial charge on any atom is 0.319 e. The van der Waals surface area contributed by atoms with Gasteiger partial charge in [-0.3, -0.25) is 0 Å². The zero-order valence-corrected chi connectivity index (χ0v) is 15.0. The Hall–Kier alpha value is -1.88. The van der Waals surface area contributed by atoms with Gasteiger partial charge in [0, 0.05) is 12.2 Å². The molecular formula is C18H20BrFN2O. The Morgan fingerprint density at radius 1 is 1.17 bits per heavy atom. The standard InChI is InChI=1S/C18H20BrFN2O/c1-18(2,3)13-6-4-5-7-16(13)22-17(23)21-11-12-8-9-15(20)14(19)10-12/h4-10H,11H2,1-3H3,(H2,21,22,23). The van der Waals surface area contributed by atoms with Gasteiger partial charge >= 0.3 is 6.03 Å². The molecule has 0 aliphatic rings. The van der Waals surface area contributed by atoms with Gasteiger partial charge in [-0.25, -0.2) is 9.18 Å². The predicted octanol–water partition coefficient (Wildman–Crippen LogP) is 5.21.